The number of halogens is 1. The highest BCUT2D eigenvalue weighted by molar-refractivity contribution is 7.92. The summed E-state index contributed by atoms with van der Waals surface area (Å²) in [5, 5.41) is 3.19. The topological polar surface area (TPSA) is 66.5 Å². The molecule has 5 nitrogen and oxygen atoms in total. The number of rotatable bonds is 6. The van der Waals surface area contributed by atoms with E-state index in [0.717, 1.165) is 27.3 Å². The minimum absolute atomic E-state index is 0.302. The van der Waals surface area contributed by atoms with Crippen LogP contribution in [0.25, 0.3) is 0 Å². The van der Waals surface area contributed by atoms with E-state index in [0.29, 0.717) is 17.3 Å². The molecule has 0 aliphatic heterocycles. The Morgan fingerprint density at radius 1 is 1.12 bits per heavy atom. The van der Waals surface area contributed by atoms with Crippen LogP contribution in [-0.4, -0.2) is 27.1 Å². The van der Waals surface area contributed by atoms with Gasteiger partial charge in [0.2, 0.25) is 15.9 Å². The van der Waals surface area contributed by atoms with Crippen LogP contribution in [0.1, 0.15) is 16.7 Å². The summed E-state index contributed by atoms with van der Waals surface area (Å²) in [4.78, 5) is 12.2. The molecule has 2 aromatic carbocycles. The molecule has 0 radical (unpaired) electrons. The smallest absolute Gasteiger partial charge is 0.241 e. The van der Waals surface area contributed by atoms with Gasteiger partial charge in [-0.2, -0.15) is 0 Å². The summed E-state index contributed by atoms with van der Waals surface area (Å²) in [6, 6.07) is 12.7. The maximum Gasteiger partial charge on any atom is 0.241 e. The Morgan fingerprint density at radius 2 is 1.76 bits per heavy atom. The molecule has 2 rings (SSSR count). The first-order valence-electron chi connectivity index (χ1n) is 7.73. The minimum atomic E-state index is -3.62. The van der Waals surface area contributed by atoms with Crippen LogP contribution in [0.2, 0.25) is 5.02 Å². The second kappa shape index (κ2) is 7.89. The van der Waals surface area contributed by atoms with Gasteiger partial charge in [-0.3, -0.25) is 9.10 Å². The molecule has 0 aliphatic carbocycles. The van der Waals surface area contributed by atoms with Crippen LogP contribution in [0.15, 0.2) is 42.5 Å². The van der Waals surface area contributed by atoms with Gasteiger partial charge in [-0.05, 0) is 37.1 Å². The number of anilines is 1. The molecule has 0 bridgehead atoms. The SMILES string of the molecule is Cc1ccc(CNC(=O)CN(c2ccc(C)c(Cl)c2)S(C)(=O)=O)cc1. The van der Waals surface area contributed by atoms with Crippen molar-refractivity contribution in [1.29, 1.82) is 0 Å². The van der Waals surface area contributed by atoms with Gasteiger partial charge >= 0.3 is 0 Å². The third-order valence-electron chi connectivity index (χ3n) is 3.74. The van der Waals surface area contributed by atoms with Crippen LogP contribution < -0.4 is 9.62 Å². The normalized spacial score (nSPS) is 11.2. The first-order valence-corrected chi connectivity index (χ1v) is 9.95. The van der Waals surface area contributed by atoms with Crippen molar-refractivity contribution in [3.05, 3.63) is 64.2 Å². The number of amides is 1. The fraction of sp³-hybridized carbons (Fsp3) is 0.278. The molecule has 1 N–H and O–H groups in total. The number of carbonyl (C=O) groups excluding carboxylic acids is 1. The van der Waals surface area contributed by atoms with E-state index in [2.05, 4.69) is 5.32 Å². The van der Waals surface area contributed by atoms with Gasteiger partial charge in [0.25, 0.3) is 0 Å². The quantitative estimate of drug-likeness (QED) is 0.837. The van der Waals surface area contributed by atoms with Crippen LogP contribution in [0.3, 0.4) is 0 Å². The Labute approximate surface area is 153 Å². The monoisotopic (exact) mass is 380 g/mol. The Morgan fingerprint density at radius 3 is 2.32 bits per heavy atom. The van der Waals surface area contributed by atoms with Crippen molar-refractivity contribution in [2.75, 3.05) is 17.1 Å². The maximum absolute atomic E-state index is 12.2. The molecule has 2 aromatic rings. The average Bonchev–Trinajstić information content (AvgIpc) is 2.54. The van der Waals surface area contributed by atoms with E-state index in [1.807, 2.05) is 38.1 Å². The van der Waals surface area contributed by atoms with Gasteiger partial charge in [-0.15, -0.1) is 0 Å². The lowest BCUT2D eigenvalue weighted by Crippen LogP contribution is -2.40. The highest BCUT2D eigenvalue weighted by Crippen LogP contribution is 2.24. The number of nitrogens with zero attached hydrogens (tertiary/aromatic N) is 1. The van der Waals surface area contributed by atoms with E-state index in [1.54, 1.807) is 18.2 Å². The summed E-state index contributed by atoms with van der Waals surface area (Å²) < 4.78 is 25.2. The van der Waals surface area contributed by atoms with Crippen LogP contribution in [0, 0.1) is 13.8 Å². The van der Waals surface area contributed by atoms with E-state index in [4.69, 9.17) is 11.6 Å². The predicted molar refractivity (Wildman–Crippen MR) is 101 cm³/mol. The van der Waals surface area contributed by atoms with Crippen LogP contribution >= 0.6 is 11.6 Å². The van der Waals surface area contributed by atoms with Crippen molar-refractivity contribution < 1.29 is 13.2 Å². The van der Waals surface area contributed by atoms with E-state index in [9.17, 15) is 13.2 Å². The number of hydrogen-bond acceptors (Lipinski definition) is 3. The minimum Gasteiger partial charge on any atom is -0.350 e. The molecular weight excluding hydrogens is 360 g/mol. The highest BCUT2D eigenvalue weighted by Gasteiger charge is 2.21. The van der Waals surface area contributed by atoms with E-state index in [-0.39, 0.29) is 12.5 Å². The summed E-state index contributed by atoms with van der Waals surface area (Å²) in [7, 11) is -3.62. The molecular formula is C18H21ClN2O3S. The molecule has 0 spiro atoms. The summed E-state index contributed by atoms with van der Waals surface area (Å²) in [6.07, 6.45) is 1.06. The van der Waals surface area contributed by atoms with Crippen LogP contribution in [0.4, 0.5) is 5.69 Å². The Bertz CT molecular complexity index is 864. The molecule has 0 aromatic heterocycles. The number of carbonyl (C=O) groups is 1. The summed E-state index contributed by atoms with van der Waals surface area (Å²) in [5.41, 5.74) is 3.28. The molecule has 0 saturated carbocycles. The van der Waals surface area contributed by atoms with Gasteiger partial charge in [-0.1, -0.05) is 47.5 Å². The van der Waals surface area contributed by atoms with Gasteiger partial charge < -0.3 is 5.32 Å². The predicted octanol–water partition coefficient (Wildman–Crippen LogP) is 3.04. The zero-order chi connectivity index (χ0) is 18.6. The standard InChI is InChI=1S/C18H21ClN2O3S/c1-13-4-7-15(8-5-13)11-20-18(22)12-21(25(3,23)24)16-9-6-14(2)17(19)10-16/h4-10H,11-12H2,1-3H3,(H,20,22). The van der Waals surface area contributed by atoms with Gasteiger partial charge in [0.05, 0.1) is 11.9 Å². The largest absolute Gasteiger partial charge is 0.350 e. The lowest BCUT2D eigenvalue weighted by molar-refractivity contribution is -0.119. The molecule has 0 unspecified atom stereocenters. The molecule has 25 heavy (non-hydrogen) atoms. The number of benzene rings is 2. The molecule has 1 amide bonds. The van der Waals surface area contributed by atoms with Crippen molar-refractivity contribution in [3.8, 4) is 0 Å². The number of hydrogen-bond donors (Lipinski definition) is 1. The number of nitrogens with one attached hydrogen (secondary N) is 1. The molecule has 7 heteroatoms. The summed E-state index contributed by atoms with van der Waals surface area (Å²) in [5.74, 6) is -0.386. The second-order valence-corrected chi connectivity index (χ2v) is 8.28. The summed E-state index contributed by atoms with van der Waals surface area (Å²) >= 11 is 6.08. The molecule has 0 aliphatic rings. The first-order chi connectivity index (χ1) is 11.7. The number of aryl methyl sites for hydroxylation is 2. The average molecular weight is 381 g/mol. The Kier molecular flexibility index (Phi) is 6.08. The van der Waals surface area contributed by atoms with Gasteiger partial charge in [0.1, 0.15) is 6.54 Å². The maximum atomic E-state index is 12.2. The Balaban J connectivity index is 2.10. The van der Waals surface area contributed by atoms with Crippen molar-refractivity contribution in [3.63, 3.8) is 0 Å². The highest BCUT2D eigenvalue weighted by atomic mass is 35.5. The third-order valence-corrected chi connectivity index (χ3v) is 5.29. The molecule has 134 valence electrons. The zero-order valence-corrected chi connectivity index (χ0v) is 16.0. The fourth-order valence-corrected chi connectivity index (χ4v) is 3.25. The van der Waals surface area contributed by atoms with Crippen molar-refractivity contribution >= 4 is 33.2 Å². The molecule has 0 fully saturated rings. The molecule has 0 saturated heterocycles. The lowest BCUT2D eigenvalue weighted by atomic mass is 10.1. The van der Waals surface area contributed by atoms with Crippen molar-refractivity contribution in [2.45, 2.75) is 20.4 Å². The van der Waals surface area contributed by atoms with Gasteiger partial charge in [0, 0.05) is 11.6 Å². The zero-order valence-electron chi connectivity index (χ0n) is 14.4. The van der Waals surface area contributed by atoms with Crippen LogP contribution in [-0.2, 0) is 21.4 Å². The number of sulfonamides is 1. The van der Waals surface area contributed by atoms with E-state index >= 15 is 0 Å². The van der Waals surface area contributed by atoms with Crippen molar-refractivity contribution in [2.24, 2.45) is 0 Å². The van der Waals surface area contributed by atoms with Crippen LogP contribution in [0.5, 0.6) is 0 Å². The van der Waals surface area contributed by atoms with Gasteiger partial charge in [0.15, 0.2) is 0 Å². The van der Waals surface area contributed by atoms with Crippen molar-refractivity contribution in [1.82, 2.24) is 5.32 Å². The van der Waals surface area contributed by atoms with Gasteiger partial charge in [-0.25, -0.2) is 8.42 Å². The molecule has 0 heterocycles. The lowest BCUT2D eigenvalue weighted by Gasteiger charge is -2.22. The third kappa shape index (κ3) is 5.47. The second-order valence-electron chi connectivity index (χ2n) is 5.97. The Hall–Kier alpha value is -2.05. The van der Waals surface area contributed by atoms with E-state index < -0.39 is 10.0 Å². The summed E-state index contributed by atoms with van der Waals surface area (Å²) in [6.45, 7) is 3.85. The molecule has 0 atom stereocenters. The fourth-order valence-electron chi connectivity index (χ4n) is 2.23. The first kappa shape index (κ1) is 19.3. The van der Waals surface area contributed by atoms with E-state index in [1.165, 1.54) is 0 Å².